The van der Waals surface area contributed by atoms with E-state index in [-0.39, 0.29) is 39.7 Å². The number of hydrogen-bond donors (Lipinski definition) is 0. The fraction of sp³-hybridized carbons (Fsp3) is 0.500. The van der Waals surface area contributed by atoms with Crippen molar-refractivity contribution in [1.29, 1.82) is 0 Å². The van der Waals surface area contributed by atoms with Crippen LogP contribution >= 0.6 is 19.8 Å². The van der Waals surface area contributed by atoms with Gasteiger partial charge in [-0.25, -0.2) is 0 Å². The third-order valence-electron chi connectivity index (χ3n) is 5.14. The first-order valence-corrected chi connectivity index (χ1v) is 14.9. The molecular weight excluding hydrogens is 511 g/mol. The Labute approximate surface area is 180 Å². The number of furan rings is 2. The van der Waals surface area contributed by atoms with E-state index in [0.29, 0.717) is 0 Å². The van der Waals surface area contributed by atoms with Crippen molar-refractivity contribution < 1.29 is 42.5 Å². The summed E-state index contributed by atoms with van der Waals surface area (Å²) < 4.78 is 26.3. The number of ether oxygens (including phenoxy) is 4. The minimum atomic E-state index is -1.24. The average molecular weight is 534 g/mol. The summed E-state index contributed by atoms with van der Waals surface area (Å²) in [7, 11) is 1.15. The topological polar surface area (TPSA) is 118 Å². The quantitative estimate of drug-likeness (QED) is 0.218. The molecule has 10 heteroatoms. The number of esters is 4. The molecular formula is C20H23IO9. The van der Waals surface area contributed by atoms with Crippen molar-refractivity contribution in [3.05, 3.63) is 11.1 Å². The van der Waals surface area contributed by atoms with E-state index in [0.717, 1.165) is 11.5 Å². The fourth-order valence-electron chi connectivity index (χ4n) is 3.21. The Bertz CT molecular complexity index is 1020. The van der Waals surface area contributed by atoms with Gasteiger partial charge in [0.25, 0.3) is 0 Å². The molecule has 9 nitrogen and oxygen atoms in total. The third kappa shape index (κ3) is 3.61. The van der Waals surface area contributed by atoms with E-state index in [1.165, 1.54) is 0 Å². The number of halogens is 1. The van der Waals surface area contributed by atoms with Gasteiger partial charge in [-0.15, -0.1) is 0 Å². The number of hydrogen-bond acceptors (Lipinski definition) is 9. The van der Waals surface area contributed by atoms with Gasteiger partial charge in [0, 0.05) is 0 Å². The van der Waals surface area contributed by atoms with Crippen molar-refractivity contribution >= 4 is 54.9 Å². The van der Waals surface area contributed by atoms with Gasteiger partial charge >= 0.3 is 173 Å². The zero-order valence-electron chi connectivity index (χ0n) is 17.5. The van der Waals surface area contributed by atoms with Gasteiger partial charge in [0.2, 0.25) is 0 Å². The molecule has 164 valence electrons. The molecule has 3 heterocycles. The molecule has 0 amide bonds. The van der Waals surface area contributed by atoms with Crippen molar-refractivity contribution in [3.63, 3.8) is 0 Å². The normalized spacial score (nSPS) is 15.2. The second-order valence-electron chi connectivity index (χ2n) is 7.72. The van der Waals surface area contributed by atoms with Crippen LogP contribution < -0.4 is 9.47 Å². The Hall–Kier alpha value is -2.37. The monoisotopic (exact) mass is 534 g/mol. The molecule has 0 saturated heterocycles. The molecule has 0 aromatic carbocycles. The summed E-state index contributed by atoms with van der Waals surface area (Å²) in [5, 5.41) is 0. The fourth-order valence-corrected chi connectivity index (χ4v) is 7.57. The molecule has 1 aliphatic rings. The van der Waals surface area contributed by atoms with E-state index in [4.69, 9.17) is 18.6 Å². The van der Waals surface area contributed by atoms with E-state index in [2.05, 4.69) is 14.6 Å². The summed E-state index contributed by atoms with van der Waals surface area (Å²) in [5.74, 6) is -3.20. The van der Waals surface area contributed by atoms with Gasteiger partial charge in [-0.1, -0.05) is 0 Å². The molecule has 0 radical (unpaired) electrons. The Balaban J connectivity index is 1.74. The number of rotatable bonds is 8. The minimum absolute atomic E-state index is 0.0186. The molecule has 1 aliphatic heterocycles. The van der Waals surface area contributed by atoms with Crippen molar-refractivity contribution in [2.45, 2.75) is 20.8 Å². The number of methoxy groups -OCH3 is 1. The van der Waals surface area contributed by atoms with Crippen LogP contribution in [0.25, 0.3) is 11.2 Å². The molecule has 2 aromatic heterocycles. The van der Waals surface area contributed by atoms with Crippen molar-refractivity contribution in [2.24, 2.45) is 11.3 Å². The summed E-state index contributed by atoms with van der Waals surface area (Å²) in [6.07, 6.45) is 0. The first-order chi connectivity index (χ1) is 14.0. The third-order valence-corrected chi connectivity index (χ3v) is 8.25. The molecule has 2 aromatic rings. The van der Waals surface area contributed by atoms with Gasteiger partial charge in [-0.3, -0.25) is 0 Å². The zero-order chi connectivity index (χ0) is 22.4. The van der Waals surface area contributed by atoms with E-state index in [9.17, 15) is 19.2 Å². The molecule has 0 saturated carbocycles. The van der Waals surface area contributed by atoms with Crippen molar-refractivity contribution in [1.82, 2.24) is 0 Å². The van der Waals surface area contributed by atoms with Gasteiger partial charge in [0.1, 0.15) is 0 Å². The average Bonchev–Trinajstić information content (AvgIpc) is 3.28. The zero-order valence-corrected chi connectivity index (χ0v) is 19.7. The van der Waals surface area contributed by atoms with Crippen LogP contribution in [-0.4, -0.2) is 51.9 Å². The Morgan fingerprint density at radius 1 is 1.17 bits per heavy atom. The summed E-state index contributed by atoms with van der Waals surface area (Å²) >= 11 is -1.24. The van der Waals surface area contributed by atoms with E-state index in [1.807, 2.05) is 20.8 Å². The second-order valence-corrected chi connectivity index (χ2v) is 13.7. The molecule has 0 spiro atoms. The molecule has 2 bridgehead atoms. The molecule has 0 fully saturated rings. The molecule has 1 unspecified atom stereocenters. The molecule has 0 aliphatic carbocycles. The van der Waals surface area contributed by atoms with Crippen molar-refractivity contribution in [2.75, 3.05) is 28.0 Å². The van der Waals surface area contributed by atoms with E-state index < -0.39 is 55.7 Å². The van der Waals surface area contributed by atoms with Crippen LogP contribution in [0.5, 0.6) is 11.5 Å². The predicted molar refractivity (Wildman–Crippen MR) is 114 cm³/mol. The van der Waals surface area contributed by atoms with Gasteiger partial charge in [0.15, 0.2) is 0 Å². The summed E-state index contributed by atoms with van der Waals surface area (Å²) in [5.41, 5.74) is -0.999. The number of carbonyl (C=O) groups excluding carboxylic acids is 4. The van der Waals surface area contributed by atoms with Crippen LogP contribution in [-0.2, 0) is 19.1 Å². The Morgan fingerprint density at radius 3 is 2.40 bits per heavy atom. The Kier molecular flexibility index (Phi) is 5.99. The standard InChI is InChI=1S/C20H23IO9/c1-9(2)20(3,8-21(4)5)19(25)27-7-10(22)28-15-13-11(17(23)26-6)12-14(29-13)16(15)30-18(12)24/h9H,7-8H2,1-6H3. The van der Waals surface area contributed by atoms with Crippen LogP contribution in [0.2, 0.25) is 0 Å². The van der Waals surface area contributed by atoms with Crippen LogP contribution in [0.3, 0.4) is 0 Å². The van der Waals surface area contributed by atoms with Crippen molar-refractivity contribution in [3.8, 4) is 11.5 Å². The molecule has 30 heavy (non-hydrogen) atoms. The van der Waals surface area contributed by atoms with Gasteiger partial charge in [-0.2, -0.15) is 0 Å². The summed E-state index contributed by atoms with van der Waals surface area (Å²) in [6.45, 7) is 5.11. The first-order valence-electron chi connectivity index (χ1n) is 9.07. The second kappa shape index (κ2) is 8.05. The maximum atomic E-state index is 12.7. The first kappa shape index (κ1) is 22.3. The number of carbonyl (C=O) groups is 4. The van der Waals surface area contributed by atoms with Gasteiger partial charge < -0.3 is 0 Å². The van der Waals surface area contributed by atoms with Gasteiger partial charge in [-0.05, 0) is 0 Å². The summed E-state index contributed by atoms with van der Waals surface area (Å²) in [6, 6.07) is 0. The molecule has 3 rings (SSSR count). The van der Waals surface area contributed by atoms with Crippen LogP contribution in [0, 0.1) is 11.3 Å². The molecule has 1 atom stereocenters. The number of alkyl halides is 3. The maximum absolute atomic E-state index is 12.7. The summed E-state index contributed by atoms with van der Waals surface area (Å²) in [4.78, 5) is 53.3. The number of fused-ring (bicyclic) bond motifs is 1. The van der Waals surface area contributed by atoms with E-state index in [1.54, 1.807) is 0 Å². The van der Waals surface area contributed by atoms with E-state index >= 15 is 0 Å². The SMILES string of the molecule is COC(=O)c1c2c3oc1c(OC(=O)COC(=O)C(C)(CI(C)C)C(C)C)c3OC2=O. The predicted octanol–water partition coefficient (Wildman–Crippen LogP) is 3.07. The van der Waals surface area contributed by atoms with Crippen LogP contribution in [0.4, 0.5) is 0 Å². The Morgan fingerprint density at radius 2 is 1.83 bits per heavy atom. The van der Waals surface area contributed by atoms with Crippen LogP contribution in [0.1, 0.15) is 41.5 Å². The van der Waals surface area contributed by atoms with Crippen LogP contribution in [0.15, 0.2) is 4.42 Å². The number of benzene rings is 1. The van der Waals surface area contributed by atoms with Gasteiger partial charge in [0.05, 0.1) is 7.11 Å². The molecule has 0 N–H and O–H groups in total.